The monoisotopic (exact) mass is 364 g/mol. The summed E-state index contributed by atoms with van der Waals surface area (Å²) in [5.74, 6) is -0.602. The maximum absolute atomic E-state index is 12.7. The van der Waals surface area contributed by atoms with Crippen LogP contribution in [0.3, 0.4) is 0 Å². The van der Waals surface area contributed by atoms with Crippen LogP contribution in [0.2, 0.25) is 0 Å². The van der Waals surface area contributed by atoms with Crippen molar-refractivity contribution in [1.82, 2.24) is 10.1 Å². The molecule has 2 rings (SSSR count). The van der Waals surface area contributed by atoms with Gasteiger partial charge in [-0.05, 0) is 28.9 Å². The molecule has 0 saturated heterocycles. The Labute approximate surface area is 125 Å². The van der Waals surface area contributed by atoms with Gasteiger partial charge in [-0.3, -0.25) is 4.98 Å². The second kappa shape index (κ2) is 5.47. The van der Waals surface area contributed by atoms with Gasteiger partial charge in [0, 0.05) is 16.2 Å². The van der Waals surface area contributed by atoms with E-state index in [0.29, 0.717) is 0 Å². The average molecular weight is 365 g/mol. The van der Waals surface area contributed by atoms with Crippen LogP contribution in [0.15, 0.2) is 21.3 Å². The smallest absolute Gasteiger partial charge is 0.433 e. The second-order valence-electron chi connectivity index (χ2n) is 4.00. The van der Waals surface area contributed by atoms with E-state index >= 15 is 0 Å². The first-order chi connectivity index (χ1) is 9.75. The predicted octanol–water partition coefficient (Wildman–Crippen LogP) is 3.61. The third-order valence-electron chi connectivity index (χ3n) is 2.65. The van der Waals surface area contributed by atoms with E-state index < -0.39 is 17.8 Å². The fourth-order valence-electron chi connectivity index (χ4n) is 1.67. The van der Waals surface area contributed by atoms with Gasteiger partial charge in [-0.25, -0.2) is 4.79 Å². The van der Waals surface area contributed by atoms with Gasteiger partial charge in [0.05, 0.1) is 7.11 Å². The number of hydrogen-bond donors (Lipinski definition) is 0. The van der Waals surface area contributed by atoms with Crippen molar-refractivity contribution in [2.45, 2.75) is 13.1 Å². The Kier molecular flexibility index (Phi) is 4.04. The molecule has 0 aliphatic rings. The minimum atomic E-state index is -4.61. The van der Waals surface area contributed by atoms with Gasteiger partial charge < -0.3 is 9.26 Å². The van der Waals surface area contributed by atoms with Gasteiger partial charge in [-0.2, -0.15) is 13.2 Å². The molecule has 0 unspecified atom stereocenters. The Morgan fingerprint density at radius 1 is 1.43 bits per heavy atom. The van der Waals surface area contributed by atoms with E-state index in [1.165, 1.54) is 6.92 Å². The summed E-state index contributed by atoms with van der Waals surface area (Å²) in [6.07, 6.45) is -3.62. The number of aromatic nitrogens is 2. The van der Waals surface area contributed by atoms with Crippen LogP contribution in [0, 0.1) is 6.92 Å². The highest BCUT2D eigenvalue weighted by Gasteiger charge is 2.34. The lowest BCUT2D eigenvalue weighted by atomic mass is 10.1. The second-order valence-corrected chi connectivity index (χ2v) is 4.86. The molecule has 2 aromatic rings. The Balaban J connectivity index is 2.65. The van der Waals surface area contributed by atoms with Gasteiger partial charge in [0.15, 0.2) is 0 Å². The number of methoxy groups -OCH3 is 1. The van der Waals surface area contributed by atoms with Crippen LogP contribution >= 0.6 is 15.9 Å². The molecule has 0 saturated carbocycles. The molecular weight excluding hydrogens is 357 g/mol. The lowest BCUT2D eigenvalue weighted by Gasteiger charge is -2.08. The normalized spacial score (nSPS) is 11.5. The Morgan fingerprint density at radius 2 is 2.10 bits per heavy atom. The zero-order chi connectivity index (χ0) is 15.8. The molecule has 0 bridgehead atoms. The minimum absolute atomic E-state index is 0.0301. The van der Waals surface area contributed by atoms with Crippen molar-refractivity contribution in [3.63, 3.8) is 0 Å². The van der Waals surface area contributed by atoms with Gasteiger partial charge >= 0.3 is 12.1 Å². The quantitative estimate of drug-likeness (QED) is 0.761. The zero-order valence-electron chi connectivity index (χ0n) is 10.8. The lowest BCUT2D eigenvalue weighted by Crippen LogP contribution is -2.09. The van der Waals surface area contributed by atoms with E-state index in [9.17, 15) is 18.0 Å². The summed E-state index contributed by atoms with van der Waals surface area (Å²) in [4.78, 5) is 15.0. The molecule has 112 valence electrons. The molecule has 0 aliphatic heterocycles. The van der Waals surface area contributed by atoms with E-state index in [-0.39, 0.29) is 27.1 Å². The molecule has 0 atom stereocenters. The van der Waals surface area contributed by atoms with Crippen LogP contribution in [-0.2, 0) is 10.9 Å². The van der Waals surface area contributed by atoms with Gasteiger partial charge in [0.25, 0.3) is 0 Å². The van der Waals surface area contributed by atoms with Crippen LogP contribution in [-0.4, -0.2) is 23.2 Å². The van der Waals surface area contributed by atoms with Crippen LogP contribution in [0.1, 0.15) is 21.8 Å². The van der Waals surface area contributed by atoms with Crippen LogP contribution in [0.4, 0.5) is 13.2 Å². The molecule has 0 aliphatic carbocycles. The van der Waals surface area contributed by atoms with Gasteiger partial charge in [0.2, 0.25) is 0 Å². The highest BCUT2D eigenvalue weighted by Crippen LogP contribution is 2.36. The number of rotatable bonds is 2. The van der Waals surface area contributed by atoms with Crippen LogP contribution in [0.5, 0.6) is 0 Å². The van der Waals surface area contributed by atoms with Crippen molar-refractivity contribution in [3.05, 3.63) is 33.8 Å². The molecule has 2 heterocycles. The van der Waals surface area contributed by atoms with Crippen molar-refractivity contribution in [2.24, 2.45) is 0 Å². The number of alkyl halides is 3. The molecular formula is C12H8BrF3N2O3. The van der Waals surface area contributed by atoms with Crippen LogP contribution in [0.25, 0.3) is 11.3 Å². The number of carbonyl (C=O) groups is 1. The predicted molar refractivity (Wildman–Crippen MR) is 68.5 cm³/mol. The zero-order valence-corrected chi connectivity index (χ0v) is 12.4. The topological polar surface area (TPSA) is 65.2 Å². The molecule has 5 nitrogen and oxygen atoms in total. The highest BCUT2D eigenvalue weighted by molar-refractivity contribution is 9.10. The highest BCUT2D eigenvalue weighted by atomic mass is 79.9. The van der Waals surface area contributed by atoms with Gasteiger partial charge in [0.1, 0.15) is 22.7 Å². The fraction of sp³-hybridized carbons (Fsp3) is 0.250. The van der Waals surface area contributed by atoms with Crippen molar-refractivity contribution in [1.29, 1.82) is 0 Å². The molecule has 0 amide bonds. The fourth-order valence-corrected chi connectivity index (χ4v) is 2.08. The molecule has 21 heavy (non-hydrogen) atoms. The van der Waals surface area contributed by atoms with Crippen molar-refractivity contribution >= 4 is 21.9 Å². The summed E-state index contributed by atoms with van der Waals surface area (Å²) in [7, 11) is 1.15. The average Bonchev–Trinajstić information content (AvgIpc) is 2.79. The SMILES string of the molecule is COC(=O)c1c(-c2cc(C(F)(F)F)ncc2Br)noc1C. The third kappa shape index (κ3) is 2.92. The number of halogens is 4. The summed E-state index contributed by atoms with van der Waals surface area (Å²) in [5.41, 5.74) is -1.14. The number of ether oxygens (including phenoxy) is 1. The molecule has 0 aromatic carbocycles. The maximum Gasteiger partial charge on any atom is 0.433 e. The summed E-state index contributed by atoms with van der Waals surface area (Å²) in [5, 5.41) is 3.64. The summed E-state index contributed by atoms with van der Waals surface area (Å²) >= 11 is 3.08. The molecule has 0 radical (unpaired) electrons. The van der Waals surface area contributed by atoms with E-state index in [0.717, 1.165) is 19.4 Å². The van der Waals surface area contributed by atoms with Crippen molar-refractivity contribution in [2.75, 3.05) is 7.11 Å². The van der Waals surface area contributed by atoms with E-state index in [2.05, 4.69) is 30.8 Å². The summed E-state index contributed by atoms with van der Waals surface area (Å²) in [6, 6.07) is 0.786. The molecule has 0 fully saturated rings. The number of esters is 1. The lowest BCUT2D eigenvalue weighted by molar-refractivity contribution is -0.141. The Morgan fingerprint density at radius 3 is 2.67 bits per heavy atom. The van der Waals surface area contributed by atoms with Crippen molar-refractivity contribution < 1.29 is 27.2 Å². The number of pyridine rings is 1. The maximum atomic E-state index is 12.7. The Hall–Kier alpha value is -1.90. The standard InChI is InChI=1S/C12H8BrF3N2O3/c1-5-9(11(19)20-2)10(18-21-5)6-3-8(12(14,15)16)17-4-7(6)13/h3-4H,1-2H3. The van der Waals surface area contributed by atoms with E-state index in [1.54, 1.807) is 0 Å². The van der Waals surface area contributed by atoms with Crippen LogP contribution < -0.4 is 0 Å². The first-order valence-corrected chi connectivity index (χ1v) is 6.32. The number of hydrogen-bond acceptors (Lipinski definition) is 5. The summed E-state index contributed by atoms with van der Waals surface area (Å²) in [6.45, 7) is 1.46. The largest absolute Gasteiger partial charge is 0.465 e. The first-order valence-electron chi connectivity index (χ1n) is 5.53. The Bertz CT molecular complexity index is 698. The first kappa shape index (κ1) is 15.5. The molecule has 2 aromatic heterocycles. The van der Waals surface area contributed by atoms with Gasteiger partial charge in [-0.1, -0.05) is 5.16 Å². The van der Waals surface area contributed by atoms with E-state index in [4.69, 9.17) is 4.52 Å². The third-order valence-corrected chi connectivity index (χ3v) is 3.29. The van der Waals surface area contributed by atoms with Crippen molar-refractivity contribution in [3.8, 4) is 11.3 Å². The number of carbonyl (C=O) groups excluding carboxylic acids is 1. The minimum Gasteiger partial charge on any atom is -0.465 e. The summed E-state index contributed by atoms with van der Waals surface area (Å²) < 4.78 is 47.9. The van der Waals surface area contributed by atoms with E-state index in [1.807, 2.05) is 0 Å². The number of aryl methyl sites for hydroxylation is 1. The van der Waals surface area contributed by atoms with Gasteiger partial charge in [-0.15, -0.1) is 0 Å². The molecule has 0 N–H and O–H groups in total. The molecule has 9 heteroatoms. The molecule has 0 spiro atoms. The number of nitrogens with zero attached hydrogens (tertiary/aromatic N) is 2.